The van der Waals surface area contributed by atoms with Crippen LogP contribution in [0.25, 0.3) is 0 Å². The van der Waals surface area contributed by atoms with Gasteiger partial charge in [0.05, 0.1) is 12.7 Å². The minimum atomic E-state index is -1.65. The number of thioether (sulfide) groups is 1. The Bertz CT molecular complexity index is 1340. The first-order chi connectivity index (χ1) is 29.5. The number of carbonyl (C=O) groups excluding carboxylic acids is 4. The van der Waals surface area contributed by atoms with Gasteiger partial charge < -0.3 is 45.3 Å². The lowest BCUT2D eigenvalue weighted by Crippen LogP contribution is -2.45. The summed E-state index contributed by atoms with van der Waals surface area (Å²) in [6, 6.07) is -1.01. The molecule has 1 aromatic heterocycles. The maximum atomic E-state index is 13.6. The highest BCUT2D eigenvalue weighted by atomic mass is 32.2. The third-order valence-electron chi connectivity index (χ3n) is 10.8. The minimum Gasteiger partial charge on any atom is -0.462 e. The van der Waals surface area contributed by atoms with Crippen molar-refractivity contribution in [1.82, 2.24) is 20.3 Å². The van der Waals surface area contributed by atoms with E-state index in [4.69, 9.17) is 14.2 Å². The molecule has 1 fully saturated rings. The molecular formula is C44H79N5O11S. The summed E-state index contributed by atoms with van der Waals surface area (Å²) < 4.78 is 17.7. The van der Waals surface area contributed by atoms with Crippen LogP contribution in [0.2, 0.25) is 0 Å². The molecule has 16 nitrogen and oxygen atoms in total. The van der Waals surface area contributed by atoms with Crippen molar-refractivity contribution in [3.8, 4) is 0 Å². The molecule has 0 aliphatic carbocycles. The molecule has 2 heterocycles. The first-order valence-electron chi connectivity index (χ1n) is 23.3. The van der Waals surface area contributed by atoms with E-state index in [1.807, 2.05) is 0 Å². The van der Waals surface area contributed by atoms with Crippen LogP contribution < -0.4 is 10.6 Å². The van der Waals surface area contributed by atoms with Crippen LogP contribution in [0.1, 0.15) is 175 Å². The maximum Gasteiger partial charge on any atom is 0.306 e. The van der Waals surface area contributed by atoms with Gasteiger partial charge in [-0.1, -0.05) is 142 Å². The topological polar surface area (TPSA) is 232 Å². The molecule has 2 rings (SSSR count). The van der Waals surface area contributed by atoms with E-state index in [2.05, 4.69) is 41.7 Å². The van der Waals surface area contributed by atoms with Gasteiger partial charge in [-0.15, -0.1) is 5.10 Å². The number of hydrogen-bond acceptors (Lipinski definition) is 14. The molecule has 1 aromatic rings. The molecule has 1 aliphatic heterocycles. The maximum absolute atomic E-state index is 13.6. The Morgan fingerprint density at radius 2 is 1.26 bits per heavy atom. The third kappa shape index (κ3) is 24.6. The summed E-state index contributed by atoms with van der Waals surface area (Å²) in [5, 5.41) is 53.5. The van der Waals surface area contributed by atoms with Crippen LogP contribution >= 0.6 is 11.8 Å². The number of nitrogens with one attached hydrogen (secondary N) is 2. The number of unbranched alkanes of at least 4 members (excludes halogenated alkanes) is 18. The van der Waals surface area contributed by atoms with E-state index < -0.39 is 48.8 Å². The lowest BCUT2D eigenvalue weighted by atomic mass is 10.1. The number of aliphatic hydroxyl groups is 4. The zero-order chi connectivity index (χ0) is 44.7. The van der Waals surface area contributed by atoms with E-state index in [1.54, 1.807) is 0 Å². The standard InChI is InChI=1S/C44H79N5O11S/c1-4-7-10-13-16-19-22-25-37(51)45-34(43(56)46-36-29-49(48-47-36)28-35(50)42-40(54)41(55)44(57)60-42)32-61-31-33(59-39(53)27-24-21-18-15-12-9-6-3)30-58-38(52)26-23-20-17-14-11-8-5-2/h29,33-35,40-42,44,50,54-55,57H,4-28,30-32H2,1-3H3,(H,45,51)(H,46,56)/t33-,34-,35+,40+,41+,42?,44?/m1/s1. The van der Waals surface area contributed by atoms with Gasteiger partial charge in [-0.25, -0.2) is 4.68 Å². The summed E-state index contributed by atoms with van der Waals surface area (Å²) in [5.41, 5.74) is 0. The van der Waals surface area contributed by atoms with Gasteiger partial charge in [-0.2, -0.15) is 11.8 Å². The molecule has 1 aliphatic rings. The fraction of sp³-hybridized carbons (Fsp3) is 0.864. The number of ether oxygens (including phenoxy) is 3. The van der Waals surface area contributed by atoms with Crippen molar-refractivity contribution < 1.29 is 53.8 Å². The first-order valence-corrected chi connectivity index (χ1v) is 24.4. The summed E-state index contributed by atoms with van der Waals surface area (Å²) in [6.07, 6.45) is 16.2. The fourth-order valence-electron chi connectivity index (χ4n) is 7.04. The lowest BCUT2D eigenvalue weighted by molar-refractivity contribution is -0.157. The van der Waals surface area contributed by atoms with E-state index in [0.29, 0.717) is 19.3 Å². The van der Waals surface area contributed by atoms with Gasteiger partial charge in [0.25, 0.3) is 0 Å². The van der Waals surface area contributed by atoms with Crippen molar-refractivity contribution in [3.63, 3.8) is 0 Å². The zero-order valence-electron chi connectivity index (χ0n) is 37.3. The highest BCUT2D eigenvalue weighted by Crippen LogP contribution is 2.23. The van der Waals surface area contributed by atoms with Gasteiger partial charge in [0.15, 0.2) is 12.1 Å². The second-order valence-corrected chi connectivity index (χ2v) is 17.5. The highest BCUT2D eigenvalue weighted by molar-refractivity contribution is 7.99. The molecule has 2 amide bonds. The van der Waals surface area contributed by atoms with Crippen LogP contribution in [0.5, 0.6) is 0 Å². The average molecular weight is 886 g/mol. The Morgan fingerprint density at radius 3 is 1.80 bits per heavy atom. The van der Waals surface area contributed by atoms with Gasteiger partial charge in [-0.3, -0.25) is 19.2 Å². The molecule has 2 unspecified atom stereocenters. The van der Waals surface area contributed by atoms with E-state index in [0.717, 1.165) is 70.6 Å². The Morgan fingerprint density at radius 1 is 0.738 bits per heavy atom. The molecule has 17 heteroatoms. The van der Waals surface area contributed by atoms with Crippen molar-refractivity contribution in [2.75, 3.05) is 23.4 Å². The predicted molar refractivity (Wildman–Crippen MR) is 235 cm³/mol. The van der Waals surface area contributed by atoms with Crippen LogP contribution in [0.4, 0.5) is 5.82 Å². The number of carbonyl (C=O) groups is 4. The van der Waals surface area contributed by atoms with Gasteiger partial charge in [0, 0.05) is 30.8 Å². The van der Waals surface area contributed by atoms with Gasteiger partial charge >= 0.3 is 11.9 Å². The Hall–Kier alpha value is -2.83. The van der Waals surface area contributed by atoms with Gasteiger partial charge in [0.1, 0.15) is 43.2 Å². The Labute approximate surface area is 368 Å². The summed E-state index contributed by atoms with van der Waals surface area (Å²) in [6.45, 7) is 6.17. The summed E-state index contributed by atoms with van der Waals surface area (Å²) in [5.74, 6) is -1.19. The molecule has 6 N–H and O–H groups in total. The number of aromatic nitrogens is 3. The molecule has 0 radical (unpaired) electrons. The number of hydrogen-bond donors (Lipinski definition) is 6. The van der Waals surface area contributed by atoms with Crippen LogP contribution in [0.3, 0.4) is 0 Å². The monoisotopic (exact) mass is 886 g/mol. The molecule has 1 saturated heterocycles. The van der Waals surface area contributed by atoms with Crippen molar-refractivity contribution in [3.05, 3.63) is 6.20 Å². The Kier molecular flexibility index (Phi) is 30.0. The van der Waals surface area contributed by atoms with E-state index in [-0.39, 0.29) is 61.2 Å². The van der Waals surface area contributed by atoms with Crippen LogP contribution in [0.15, 0.2) is 6.20 Å². The lowest BCUT2D eigenvalue weighted by Gasteiger charge is -2.21. The zero-order valence-corrected chi connectivity index (χ0v) is 38.1. The average Bonchev–Trinajstić information content (AvgIpc) is 3.78. The molecule has 0 bridgehead atoms. The minimum absolute atomic E-state index is 0.0338. The first kappa shape index (κ1) is 54.3. The van der Waals surface area contributed by atoms with Crippen molar-refractivity contribution in [2.24, 2.45) is 0 Å². The highest BCUT2D eigenvalue weighted by Gasteiger charge is 2.45. The molecule has 61 heavy (non-hydrogen) atoms. The number of esters is 2. The molecule has 0 saturated carbocycles. The number of amides is 2. The second kappa shape index (κ2) is 33.7. The third-order valence-corrected chi connectivity index (χ3v) is 11.9. The molecular weight excluding hydrogens is 807 g/mol. The van der Waals surface area contributed by atoms with E-state index in [1.165, 1.54) is 74.0 Å². The predicted octanol–water partition coefficient (Wildman–Crippen LogP) is 6.11. The summed E-state index contributed by atoms with van der Waals surface area (Å²) in [7, 11) is 0. The number of anilines is 1. The molecule has 352 valence electrons. The normalized spacial score (nSPS) is 19.0. The van der Waals surface area contributed by atoms with Gasteiger partial charge in [0.2, 0.25) is 11.8 Å². The fourth-order valence-corrected chi connectivity index (χ4v) is 8.07. The van der Waals surface area contributed by atoms with Crippen LogP contribution in [0, 0.1) is 0 Å². The smallest absolute Gasteiger partial charge is 0.306 e. The summed E-state index contributed by atoms with van der Waals surface area (Å²) >= 11 is 1.29. The molecule has 0 spiro atoms. The number of aliphatic hydroxyl groups excluding tert-OH is 4. The number of nitrogens with zero attached hydrogens (tertiary/aromatic N) is 3. The summed E-state index contributed by atoms with van der Waals surface area (Å²) in [4.78, 5) is 52.3. The molecule has 7 atom stereocenters. The SMILES string of the molecule is CCCCCCCCCC(=O)N[C@H](CSC[C@@H](COC(=O)CCCCCCCCC)OC(=O)CCCCCCCCC)C(=O)Nc1cn(C[C@H](O)C2OC(O)[C@@H](O)[C@@H]2O)nn1. The largest absolute Gasteiger partial charge is 0.462 e. The Balaban J connectivity index is 2.04. The van der Waals surface area contributed by atoms with Crippen LogP contribution in [-0.2, 0) is 39.9 Å². The van der Waals surface area contributed by atoms with Crippen molar-refractivity contribution in [1.29, 1.82) is 0 Å². The van der Waals surface area contributed by atoms with E-state index >= 15 is 0 Å². The molecule has 0 aromatic carbocycles. The quantitative estimate of drug-likeness (QED) is 0.0327. The number of rotatable bonds is 37. The van der Waals surface area contributed by atoms with Crippen molar-refractivity contribution in [2.45, 2.75) is 224 Å². The van der Waals surface area contributed by atoms with E-state index in [9.17, 15) is 39.6 Å². The second-order valence-electron chi connectivity index (χ2n) is 16.4. The van der Waals surface area contributed by atoms with Crippen LogP contribution in [-0.4, -0.2) is 120 Å². The van der Waals surface area contributed by atoms with Crippen molar-refractivity contribution >= 4 is 41.3 Å². The van der Waals surface area contributed by atoms with Gasteiger partial charge in [-0.05, 0) is 19.3 Å².